The molecule has 39 heavy (non-hydrogen) atoms. The minimum absolute atomic E-state index is 0.116. The van der Waals surface area contributed by atoms with E-state index in [0.29, 0.717) is 70.7 Å². The number of aryl methyl sites for hydroxylation is 2. The number of anilines is 1. The molecule has 2 aromatic heterocycles. The van der Waals surface area contributed by atoms with E-state index in [4.69, 9.17) is 30.8 Å². The van der Waals surface area contributed by atoms with Crippen molar-refractivity contribution in [2.75, 3.05) is 38.6 Å². The van der Waals surface area contributed by atoms with Crippen molar-refractivity contribution in [1.82, 2.24) is 25.3 Å². The van der Waals surface area contributed by atoms with Crippen LogP contribution in [0.15, 0.2) is 22.7 Å². The van der Waals surface area contributed by atoms with Gasteiger partial charge in [-0.15, -0.1) is 0 Å². The highest BCUT2D eigenvalue weighted by Crippen LogP contribution is 2.37. The molecular weight excluding hydrogens is 523 g/mol. The first-order chi connectivity index (χ1) is 18.7. The topological polar surface area (TPSA) is 109 Å². The molecule has 210 valence electrons. The molecule has 1 aliphatic heterocycles. The fourth-order valence-electron chi connectivity index (χ4n) is 5.13. The number of likely N-dealkylation sites (N-methyl/N-ethyl adjacent to an activating group) is 1. The first-order valence-corrected chi connectivity index (χ1v) is 13.8. The Hall–Kier alpha value is -2.79. The number of rotatable bonds is 10. The van der Waals surface area contributed by atoms with Crippen molar-refractivity contribution in [2.45, 2.75) is 64.4 Å². The highest BCUT2D eigenvalue weighted by atomic mass is 35.5. The Balaban J connectivity index is 1.50. The van der Waals surface area contributed by atoms with E-state index in [1.807, 2.05) is 20.8 Å². The van der Waals surface area contributed by atoms with Crippen LogP contribution < -0.4 is 15.4 Å². The number of halogens is 2. The highest BCUT2D eigenvalue weighted by Gasteiger charge is 2.37. The lowest BCUT2D eigenvalue weighted by Gasteiger charge is -2.35. The monoisotopic (exact) mass is 558 g/mol. The molecule has 2 fully saturated rings. The SMILES string of the molecule is CNC[C@@H](O)COc1ccc(Cl)c(-c2nc(N[C@@H]3CCN(C4CC4)C[C@@H]3F)c(C)c(-c3c(C)noc3C)n2)c1. The van der Waals surface area contributed by atoms with Gasteiger partial charge in [0.15, 0.2) is 5.82 Å². The Morgan fingerprint density at radius 1 is 1.23 bits per heavy atom. The van der Waals surface area contributed by atoms with Crippen molar-refractivity contribution < 1.29 is 18.8 Å². The molecule has 0 bridgehead atoms. The Kier molecular flexibility index (Phi) is 8.37. The number of alkyl halides is 1. The minimum Gasteiger partial charge on any atom is -0.491 e. The summed E-state index contributed by atoms with van der Waals surface area (Å²) in [7, 11) is 1.77. The van der Waals surface area contributed by atoms with Crippen LogP contribution in [0.3, 0.4) is 0 Å². The lowest BCUT2D eigenvalue weighted by molar-refractivity contribution is 0.108. The van der Waals surface area contributed by atoms with Gasteiger partial charge < -0.3 is 25.0 Å². The summed E-state index contributed by atoms with van der Waals surface area (Å²) >= 11 is 6.63. The molecule has 0 spiro atoms. The van der Waals surface area contributed by atoms with Crippen LogP contribution in [0.5, 0.6) is 5.75 Å². The van der Waals surface area contributed by atoms with E-state index in [-0.39, 0.29) is 12.6 Å². The quantitative estimate of drug-likeness (QED) is 0.335. The van der Waals surface area contributed by atoms with Gasteiger partial charge in [-0.2, -0.15) is 0 Å². The van der Waals surface area contributed by atoms with E-state index >= 15 is 4.39 Å². The summed E-state index contributed by atoms with van der Waals surface area (Å²) in [5.74, 6) is 2.08. The highest BCUT2D eigenvalue weighted by molar-refractivity contribution is 6.33. The number of benzene rings is 1. The van der Waals surface area contributed by atoms with Crippen LogP contribution in [0.25, 0.3) is 22.6 Å². The molecule has 3 atom stereocenters. The molecule has 2 aliphatic rings. The molecule has 3 N–H and O–H groups in total. The number of hydrogen-bond donors (Lipinski definition) is 3. The van der Waals surface area contributed by atoms with Crippen LogP contribution in [0, 0.1) is 20.8 Å². The number of likely N-dealkylation sites (tertiary alicyclic amines) is 1. The maximum absolute atomic E-state index is 15.3. The molecule has 1 saturated carbocycles. The van der Waals surface area contributed by atoms with Crippen molar-refractivity contribution in [1.29, 1.82) is 0 Å². The van der Waals surface area contributed by atoms with E-state index in [0.717, 1.165) is 30.5 Å². The first kappa shape index (κ1) is 27.8. The van der Waals surface area contributed by atoms with Crippen molar-refractivity contribution in [3.8, 4) is 28.4 Å². The standard InChI is InChI=1S/C28H36ClFN6O3/c1-15-26(25-16(2)35-39-17(25)3)33-28(21-11-20(7-8-22(21)29)38-14-19(37)12-31-4)34-27(15)32-24-9-10-36(13-23(24)30)18-5-6-18/h7-8,11,18-19,23-24,31,37H,5-6,9-10,12-14H2,1-4H3,(H,32,33,34)/t19-,23+,24-/m1/s1. The third kappa shape index (κ3) is 6.19. The van der Waals surface area contributed by atoms with Gasteiger partial charge in [0.25, 0.3) is 0 Å². The van der Waals surface area contributed by atoms with Crippen LogP contribution in [-0.4, -0.2) is 82.8 Å². The molecule has 5 rings (SSSR count). The predicted octanol–water partition coefficient (Wildman–Crippen LogP) is 4.32. The van der Waals surface area contributed by atoms with E-state index in [2.05, 4.69) is 20.7 Å². The Morgan fingerprint density at radius 3 is 2.69 bits per heavy atom. The average Bonchev–Trinajstić information content (AvgIpc) is 3.71. The molecule has 3 aromatic rings. The van der Waals surface area contributed by atoms with E-state index in [1.54, 1.807) is 25.2 Å². The molecule has 3 heterocycles. The summed E-state index contributed by atoms with van der Waals surface area (Å²) in [6.45, 7) is 7.44. The molecule has 1 aliphatic carbocycles. The third-order valence-corrected chi connectivity index (χ3v) is 7.76. The zero-order valence-electron chi connectivity index (χ0n) is 22.8. The lowest BCUT2D eigenvalue weighted by Crippen LogP contribution is -2.48. The molecule has 0 amide bonds. The molecule has 11 heteroatoms. The molecular formula is C28H36ClFN6O3. The number of nitrogens with zero attached hydrogens (tertiary/aromatic N) is 4. The predicted molar refractivity (Wildman–Crippen MR) is 149 cm³/mol. The molecule has 0 unspecified atom stereocenters. The van der Waals surface area contributed by atoms with Crippen LogP contribution in [0.1, 0.15) is 36.3 Å². The Labute approximate surface area is 233 Å². The minimum atomic E-state index is -1.01. The van der Waals surface area contributed by atoms with Crippen LogP contribution >= 0.6 is 11.6 Å². The summed E-state index contributed by atoms with van der Waals surface area (Å²) in [5, 5.41) is 20.9. The first-order valence-electron chi connectivity index (χ1n) is 13.5. The number of nitrogens with one attached hydrogen (secondary N) is 2. The van der Waals surface area contributed by atoms with Crippen LogP contribution in [0.4, 0.5) is 10.2 Å². The van der Waals surface area contributed by atoms with Crippen molar-refractivity contribution >= 4 is 17.4 Å². The van der Waals surface area contributed by atoms with Crippen molar-refractivity contribution in [2.24, 2.45) is 0 Å². The molecule has 9 nitrogen and oxygen atoms in total. The van der Waals surface area contributed by atoms with Gasteiger partial charge in [0.2, 0.25) is 0 Å². The van der Waals surface area contributed by atoms with Gasteiger partial charge in [0, 0.05) is 36.8 Å². The van der Waals surface area contributed by atoms with Crippen molar-refractivity contribution in [3.63, 3.8) is 0 Å². The number of aliphatic hydroxyl groups excluding tert-OH is 1. The molecule has 1 aromatic carbocycles. The summed E-state index contributed by atoms with van der Waals surface area (Å²) in [6.07, 6.45) is 1.35. The lowest BCUT2D eigenvalue weighted by atomic mass is 10.0. The van der Waals surface area contributed by atoms with Gasteiger partial charge in [0.1, 0.15) is 36.2 Å². The van der Waals surface area contributed by atoms with Gasteiger partial charge in [-0.25, -0.2) is 14.4 Å². The number of aromatic nitrogens is 3. The number of ether oxygens (including phenoxy) is 1. The van der Waals surface area contributed by atoms with Crippen molar-refractivity contribution in [3.05, 3.63) is 40.2 Å². The second kappa shape index (κ2) is 11.8. The summed E-state index contributed by atoms with van der Waals surface area (Å²) < 4.78 is 26.6. The fraction of sp³-hybridized carbons (Fsp3) is 0.536. The third-order valence-electron chi connectivity index (χ3n) is 7.44. The fourth-order valence-corrected chi connectivity index (χ4v) is 5.33. The van der Waals surface area contributed by atoms with E-state index in [9.17, 15) is 5.11 Å². The zero-order chi connectivity index (χ0) is 27.7. The maximum atomic E-state index is 15.3. The Morgan fingerprint density at radius 2 is 2.03 bits per heavy atom. The van der Waals surface area contributed by atoms with E-state index in [1.165, 1.54) is 0 Å². The number of aliphatic hydroxyl groups is 1. The van der Waals surface area contributed by atoms with Crippen LogP contribution in [-0.2, 0) is 0 Å². The van der Waals surface area contributed by atoms with E-state index < -0.39 is 12.3 Å². The van der Waals surface area contributed by atoms with Gasteiger partial charge in [-0.1, -0.05) is 16.8 Å². The van der Waals surface area contributed by atoms with Gasteiger partial charge in [-0.3, -0.25) is 4.90 Å². The normalized spacial score (nSPS) is 20.7. The summed E-state index contributed by atoms with van der Waals surface area (Å²) in [4.78, 5) is 12.0. The Bertz CT molecular complexity index is 1300. The maximum Gasteiger partial charge on any atom is 0.163 e. The second-order valence-corrected chi connectivity index (χ2v) is 10.9. The summed E-state index contributed by atoms with van der Waals surface area (Å²) in [5.41, 5.74) is 3.47. The van der Waals surface area contributed by atoms with Gasteiger partial charge >= 0.3 is 0 Å². The second-order valence-electron chi connectivity index (χ2n) is 10.5. The van der Waals surface area contributed by atoms with Gasteiger partial charge in [-0.05, 0) is 65.3 Å². The van der Waals surface area contributed by atoms with Crippen LogP contribution in [0.2, 0.25) is 5.02 Å². The largest absolute Gasteiger partial charge is 0.491 e. The number of piperidine rings is 1. The molecule has 1 saturated heterocycles. The smallest absolute Gasteiger partial charge is 0.163 e. The summed E-state index contributed by atoms with van der Waals surface area (Å²) in [6, 6.07) is 5.39. The zero-order valence-corrected chi connectivity index (χ0v) is 23.6. The average molecular weight is 559 g/mol. The number of hydrogen-bond acceptors (Lipinski definition) is 9. The van der Waals surface area contributed by atoms with Gasteiger partial charge in [0.05, 0.1) is 28.0 Å². The molecule has 0 radical (unpaired) electrons.